The molecule has 6 heteroatoms. The van der Waals surface area contributed by atoms with Gasteiger partial charge in [0, 0.05) is 33.1 Å². The second-order valence-corrected chi connectivity index (χ2v) is 5.13. The fraction of sp³-hybridized carbons (Fsp3) is 0.429. The molecule has 1 saturated heterocycles. The van der Waals surface area contributed by atoms with Gasteiger partial charge in [-0.15, -0.1) is 0 Å². The van der Waals surface area contributed by atoms with Crippen LogP contribution in [0.25, 0.3) is 0 Å². The quantitative estimate of drug-likeness (QED) is 0.918. The maximum atomic E-state index is 12.1. The molecule has 1 aliphatic heterocycles. The summed E-state index contributed by atoms with van der Waals surface area (Å²) in [5, 5.41) is 3.64. The van der Waals surface area contributed by atoms with Gasteiger partial charge in [-0.2, -0.15) is 0 Å². The number of amides is 2. The molecule has 0 saturated carbocycles. The lowest BCUT2D eigenvalue weighted by Crippen LogP contribution is -2.51. The zero-order chi connectivity index (χ0) is 14.5. The van der Waals surface area contributed by atoms with E-state index < -0.39 is 0 Å². The number of hydrogen-bond acceptors (Lipinski definition) is 3. The molecule has 0 atom stereocenters. The van der Waals surface area contributed by atoms with Gasteiger partial charge in [0.2, 0.25) is 11.8 Å². The minimum absolute atomic E-state index is 0.0214. The van der Waals surface area contributed by atoms with Gasteiger partial charge in [0.05, 0.1) is 17.3 Å². The molecule has 0 bridgehead atoms. The van der Waals surface area contributed by atoms with Gasteiger partial charge in [-0.05, 0) is 12.1 Å². The molecule has 0 aliphatic carbocycles. The molecule has 20 heavy (non-hydrogen) atoms. The second-order valence-electron chi connectivity index (χ2n) is 4.72. The molecule has 1 N–H and O–H groups in total. The van der Waals surface area contributed by atoms with Gasteiger partial charge in [-0.1, -0.05) is 23.7 Å². The average Bonchev–Trinajstić information content (AvgIpc) is 2.46. The maximum absolute atomic E-state index is 12.1. The number of nitrogens with one attached hydrogen (secondary N) is 1. The molecule has 1 heterocycles. The van der Waals surface area contributed by atoms with E-state index >= 15 is 0 Å². The molecule has 1 aromatic rings. The number of halogens is 1. The highest BCUT2D eigenvalue weighted by molar-refractivity contribution is 6.33. The Kier molecular flexibility index (Phi) is 4.84. The van der Waals surface area contributed by atoms with Crippen molar-refractivity contribution in [1.82, 2.24) is 9.80 Å². The summed E-state index contributed by atoms with van der Waals surface area (Å²) in [5.74, 6) is 0.0828. The van der Waals surface area contributed by atoms with E-state index in [1.165, 1.54) is 0 Å². The van der Waals surface area contributed by atoms with Gasteiger partial charge in [0.15, 0.2) is 0 Å². The summed E-state index contributed by atoms with van der Waals surface area (Å²) in [6.07, 6.45) is 0. The number of nitrogens with zero attached hydrogens (tertiary/aromatic N) is 2. The summed E-state index contributed by atoms with van der Waals surface area (Å²) in [6.45, 7) is 4.14. The standard InChI is InChI=1S/C14H18ClN3O2/c1-11(19)17-6-8-18(9-7-17)14(20)10-16-13-5-3-2-4-12(13)15/h2-5,16H,6-10H2,1H3. The Hall–Kier alpha value is -1.75. The Bertz CT molecular complexity index is 499. The second kappa shape index (κ2) is 6.61. The zero-order valence-corrected chi connectivity index (χ0v) is 12.2. The number of piperazine rings is 1. The van der Waals surface area contributed by atoms with Gasteiger partial charge in [-0.3, -0.25) is 9.59 Å². The minimum Gasteiger partial charge on any atom is -0.375 e. The van der Waals surface area contributed by atoms with Crippen molar-refractivity contribution in [2.24, 2.45) is 0 Å². The molecule has 5 nitrogen and oxygen atoms in total. The van der Waals surface area contributed by atoms with Crippen molar-refractivity contribution in [3.05, 3.63) is 29.3 Å². The van der Waals surface area contributed by atoms with Crippen molar-refractivity contribution in [1.29, 1.82) is 0 Å². The number of benzene rings is 1. The van der Waals surface area contributed by atoms with E-state index in [2.05, 4.69) is 5.32 Å². The Morgan fingerprint density at radius 1 is 1.15 bits per heavy atom. The van der Waals surface area contributed by atoms with Gasteiger partial charge >= 0.3 is 0 Å². The first-order valence-corrected chi connectivity index (χ1v) is 6.97. The third-order valence-electron chi connectivity index (χ3n) is 3.38. The largest absolute Gasteiger partial charge is 0.375 e. The summed E-state index contributed by atoms with van der Waals surface area (Å²) >= 11 is 6.02. The van der Waals surface area contributed by atoms with Crippen molar-refractivity contribution in [3.8, 4) is 0 Å². The highest BCUT2D eigenvalue weighted by Gasteiger charge is 2.21. The fourth-order valence-electron chi connectivity index (χ4n) is 2.16. The van der Waals surface area contributed by atoms with E-state index in [0.717, 1.165) is 5.69 Å². The highest BCUT2D eigenvalue weighted by atomic mass is 35.5. The normalized spacial score (nSPS) is 15.1. The van der Waals surface area contributed by atoms with Crippen molar-refractivity contribution < 1.29 is 9.59 Å². The number of carbonyl (C=O) groups excluding carboxylic acids is 2. The number of para-hydroxylation sites is 1. The van der Waals surface area contributed by atoms with Crippen LogP contribution in [0, 0.1) is 0 Å². The first-order chi connectivity index (χ1) is 9.58. The lowest BCUT2D eigenvalue weighted by molar-refractivity contribution is -0.137. The summed E-state index contributed by atoms with van der Waals surface area (Å²) in [6, 6.07) is 7.32. The first kappa shape index (κ1) is 14.7. The Morgan fingerprint density at radius 3 is 2.35 bits per heavy atom. The van der Waals surface area contributed by atoms with Crippen LogP contribution in [0.2, 0.25) is 5.02 Å². The van der Waals surface area contributed by atoms with Gasteiger partial charge in [0.1, 0.15) is 0 Å². The Balaban J connectivity index is 1.82. The summed E-state index contributed by atoms with van der Waals surface area (Å²) in [7, 11) is 0. The lowest BCUT2D eigenvalue weighted by atomic mass is 10.3. The molecule has 108 valence electrons. The predicted molar refractivity (Wildman–Crippen MR) is 78.8 cm³/mol. The number of carbonyl (C=O) groups is 2. The van der Waals surface area contributed by atoms with Crippen LogP contribution < -0.4 is 5.32 Å². The van der Waals surface area contributed by atoms with E-state index in [1.807, 2.05) is 18.2 Å². The van der Waals surface area contributed by atoms with E-state index in [9.17, 15) is 9.59 Å². The fourth-order valence-corrected chi connectivity index (χ4v) is 2.36. The molecular weight excluding hydrogens is 278 g/mol. The highest BCUT2D eigenvalue weighted by Crippen LogP contribution is 2.20. The monoisotopic (exact) mass is 295 g/mol. The predicted octanol–water partition coefficient (Wildman–Crippen LogP) is 1.44. The van der Waals surface area contributed by atoms with E-state index in [0.29, 0.717) is 31.2 Å². The summed E-state index contributed by atoms with van der Waals surface area (Å²) in [5.41, 5.74) is 0.755. The van der Waals surface area contributed by atoms with E-state index in [1.54, 1.807) is 22.8 Å². The molecule has 0 radical (unpaired) electrons. The number of anilines is 1. The molecule has 0 unspecified atom stereocenters. The first-order valence-electron chi connectivity index (χ1n) is 6.59. The van der Waals surface area contributed by atoms with Crippen LogP contribution >= 0.6 is 11.6 Å². The molecule has 0 aromatic heterocycles. The van der Waals surface area contributed by atoms with Gasteiger partial charge in [-0.25, -0.2) is 0 Å². The zero-order valence-electron chi connectivity index (χ0n) is 11.4. The third-order valence-corrected chi connectivity index (χ3v) is 3.71. The molecule has 1 aliphatic rings. The van der Waals surface area contributed by atoms with Crippen molar-refractivity contribution >= 4 is 29.1 Å². The van der Waals surface area contributed by atoms with Crippen molar-refractivity contribution in [2.45, 2.75) is 6.92 Å². The molecule has 2 rings (SSSR count). The van der Waals surface area contributed by atoms with E-state index in [4.69, 9.17) is 11.6 Å². The average molecular weight is 296 g/mol. The topological polar surface area (TPSA) is 52.7 Å². The minimum atomic E-state index is 0.0214. The number of rotatable bonds is 3. The van der Waals surface area contributed by atoms with Crippen LogP contribution in [0.4, 0.5) is 5.69 Å². The van der Waals surface area contributed by atoms with Crippen LogP contribution in [-0.4, -0.2) is 54.3 Å². The van der Waals surface area contributed by atoms with Crippen LogP contribution in [0.3, 0.4) is 0 Å². The smallest absolute Gasteiger partial charge is 0.241 e. The molecule has 1 fully saturated rings. The molecule has 2 amide bonds. The van der Waals surface area contributed by atoms with Crippen molar-refractivity contribution in [2.75, 3.05) is 38.0 Å². The molecule has 1 aromatic carbocycles. The lowest BCUT2D eigenvalue weighted by Gasteiger charge is -2.34. The van der Waals surface area contributed by atoms with Crippen molar-refractivity contribution in [3.63, 3.8) is 0 Å². The summed E-state index contributed by atoms with van der Waals surface area (Å²) in [4.78, 5) is 26.8. The summed E-state index contributed by atoms with van der Waals surface area (Å²) < 4.78 is 0. The van der Waals surface area contributed by atoms with Crippen LogP contribution in [0.15, 0.2) is 24.3 Å². The number of hydrogen-bond donors (Lipinski definition) is 1. The van der Waals surface area contributed by atoms with Crippen LogP contribution in [-0.2, 0) is 9.59 Å². The van der Waals surface area contributed by atoms with Crippen LogP contribution in [0.1, 0.15) is 6.92 Å². The molecule has 0 spiro atoms. The SMILES string of the molecule is CC(=O)N1CCN(C(=O)CNc2ccccc2Cl)CC1. The van der Waals surface area contributed by atoms with Gasteiger partial charge in [0.25, 0.3) is 0 Å². The van der Waals surface area contributed by atoms with E-state index in [-0.39, 0.29) is 18.4 Å². The maximum Gasteiger partial charge on any atom is 0.241 e. The molecular formula is C14H18ClN3O2. The Morgan fingerprint density at radius 2 is 1.75 bits per heavy atom. The third kappa shape index (κ3) is 3.63. The Labute approximate surface area is 123 Å². The van der Waals surface area contributed by atoms with Crippen LogP contribution in [0.5, 0.6) is 0 Å². The van der Waals surface area contributed by atoms with Gasteiger partial charge < -0.3 is 15.1 Å².